The van der Waals surface area contributed by atoms with Gasteiger partial charge in [-0.05, 0) is 46.6 Å². The number of benzene rings is 2. The van der Waals surface area contributed by atoms with E-state index >= 15 is 0 Å². The molecule has 2 aromatic rings. The third-order valence-corrected chi connectivity index (χ3v) is 3.52. The molecule has 0 spiro atoms. The summed E-state index contributed by atoms with van der Waals surface area (Å²) in [5, 5.41) is 5.57. The molecule has 0 aromatic heterocycles. The lowest BCUT2D eigenvalue weighted by Gasteiger charge is -2.10. The van der Waals surface area contributed by atoms with Gasteiger partial charge < -0.3 is 10.6 Å². The highest BCUT2D eigenvalue weighted by molar-refractivity contribution is 9.10. The molecule has 0 saturated carbocycles. The van der Waals surface area contributed by atoms with E-state index in [-0.39, 0.29) is 6.03 Å². The minimum absolute atomic E-state index is 0.257. The van der Waals surface area contributed by atoms with Crippen molar-refractivity contribution in [2.24, 2.45) is 0 Å². The number of halogens is 1. The van der Waals surface area contributed by atoms with Gasteiger partial charge in [0.05, 0.1) is 5.69 Å². The van der Waals surface area contributed by atoms with Gasteiger partial charge in [-0.3, -0.25) is 0 Å². The first-order valence-corrected chi connectivity index (χ1v) is 6.34. The fraction of sp³-hybridized carbons (Fsp3) is 0.0714. The highest BCUT2D eigenvalue weighted by atomic mass is 79.9. The lowest BCUT2D eigenvalue weighted by molar-refractivity contribution is 0.262. The van der Waals surface area contributed by atoms with Gasteiger partial charge in [0.25, 0.3) is 0 Å². The minimum Gasteiger partial charge on any atom is -0.308 e. The number of nitrogens with one attached hydrogen (secondary N) is 2. The predicted octanol–water partition coefficient (Wildman–Crippen LogP) is 4.40. The molecule has 0 unspecified atom stereocenters. The standard InChI is InChI=1S/C14H13BrN2O/c1-10-6-5-9-12(13(10)15)17-14(18)16-11-7-3-2-4-8-11/h2-9H,1H3,(H2,16,17,18). The Morgan fingerprint density at radius 1 is 1.00 bits per heavy atom. The quantitative estimate of drug-likeness (QED) is 0.848. The molecule has 92 valence electrons. The summed E-state index contributed by atoms with van der Waals surface area (Å²) in [6.45, 7) is 1.98. The van der Waals surface area contributed by atoms with Crippen LogP contribution in [0.5, 0.6) is 0 Å². The van der Waals surface area contributed by atoms with Gasteiger partial charge in [0, 0.05) is 10.2 Å². The number of carbonyl (C=O) groups excluding carboxylic acids is 1. The van der Waals surface area contributed by atoms with Gasteiger partial charge in [0.15, 0.2) is 0 Å². The van der Waals surface area contributed by atoms with Crippen LogP contribution in [0.2, 0.25) is 0 Å². The van der Waals surface area contributed by atoms with Crippen LogP contribution in [0.1, 0.15) is 5.56 Å². The Bertz CT molecular complexity index is 555. The summed E-state index contributed by atoms with van der Waals surface area (Å²) >= 11 is 3.45. The Morgan fingerprint density at radius 3 is 2.44 bits per heavy atom. The van der Waals surface area contributed by atoms with E-state index in [0.717, 1.165) is 21.4 Å². The molecule has 0 radical (unpaired) electrons. The Morgan fingerprint density at radius 2 is 1.72 bits per heavy atom. The smallest absolute Gasteiger partial charge is 0.308 e. The van der Waals surface area contributed by atoms with Crippen molar-refractivity contribution in [1.29, 1.82) is 0 Å². The number of para-hydroxylation sites is 1. The van der Waals surface area contributed by atoms with Crippen molar-refractivity contribution < 1.29 is 4.79 Å². The number of urea groups is 1. The zero-order valence-corrected chi connectivity index (χ0v) is 11.5. The predicted molar refractivity (Wildman–Crippen MR) is 78.0 cm³/mol. The largest absolute Gasteiger partial charge is 0.323 e. The van der Waals surface area contributed by atoms with E-state index in [9.17, 15) is 4.79 Å². The normalized spacial score (nSPS) is 9.89. The molecule has 0 saturated heterocycles. The summed E-state index contributed by atoms with van der Waals surface area (Å²) in [4.78, 5) is 11.8. The molecule has 3 nitrogen and oxygen atoms in total. The van der Waals surface area contributed by atoms with E-state index < -0.39 is 0 Å². The summed E-state index contributed by atoms with van der Waals surface area (Å²) in [6.07, 6.45) is 0. The average Bonchev–Trinajstić information content (AvgIpc) is 2.36. The molecule has 0 bridgehead atoms. The van der Waals surface area contributed by atoms with Gasteiger partial charge in [-0.2, -0.15) is 0 Å². The number of anilines is 2. The summed E-state index contributed by atoms with van der Waals surface area (Å²) in [6, 6.07) is 14.8. The zero-order chi connectivity index (χ0) is 13.0. The van der Waals surface area contributed by atoms with Crippen LogP contribution < -0.4 is 10.6 Å². The molecular formula is C14H13BrN2O. The van der Waals surface area contributed by atoms with Crippen LogP contribution in [0.25, 0.3) is 0 Å². The highest BCUT2D eigenvalue weighted by Gasteiger charge is 2.06. The molecule has 4 heteroatoms. The molecule has 2 N–H and O–H groups in total. The van der Waals surface area contributed by atoms with Crippen LogP contribution in [0.15, 0.2) is 53.0 Å². The Kier molecular flexibility index (Phi) is 3.99. The number of hydrogen-bond acceptors (Lipinski definition) is 1. The average molecular weight is 305 g/mol. The van der Waals surface area contributed by atoms with E-state index in [4.69, 9.17) is 0 Å². The second-order valence-corrected chi connectivity index (χ2v) is 4.67. The molecule has 0 fully saturated rings. The molecule has 0 heterocycles. The topological polar surface area (TPSA) is 41.1 Å². The maximum absolute atomic E-state index is 11.8. The van der Waals surface area contributed by atoms with E-state index in [2.05, 4.69) is 26.6 Å². The van der Waals surface area contributed by atoms with E-state index in [0.29, 0.717) is 0 Å². The Balaban J connectivity index is 2.06. The molecular weight excluding hydrogens is 292 g/mol. The SMILES string of the molecule is Cc1cccc(NC(=O)Nc2ccccc2)c1Br. The van der Waals surface area contributed by atoms with Crippen LogP contribution in [0.4, 0.5) is 16.2 Å². The maximum atomic E-state index is 11.8. The van der Waals surface area contributed by atoms with Crippen molar-refractivity contribution in [2.45, 2.75) is 6.92 Å². The van der Waals surface area contributed by atoms with Gasteiger partial charge in [-0.15, -0.1) is 0 Å². The number of aryl methyl sites for hydroxylation is 1. The molecule has 0 aliphatic heterocycles. The van der Waals surface area contributed by atoms with Gasteiger partial charge >= 0.3 is 6.03 Å². The Labute approximate surface area is 114 Å². The summed E-state index contributed by atoms with van der Waals surface area (Å²) in [5.74, 6) is 0. The second kappa shape index (κ2) is 5.69. The van der Waals surface area contributed by atoms with Gasteiger partial charge in [-0.1, -0.05) is 30.3 Å². The van der Waals surface area contributed by atoms with E-state index in [1.807, 2.05) is 55.5 Å². The van der Waals surface area contributed by atoms with E-state index in [1.54, 1.807) is 0 Å². The third kappa shape index (κ3) is 3.11. The minimum atomic E-state index is -0.257. The fourth-order valence-electron chi connectivity index (χ4n) is 1.55. The highest BCUT2D eigenvalue weighted by Crippen LogP contribution is 2.25. The molecule has 2 amide bonds. The molecule has 0 atom stereocenters. The number of amides is 2. The maximum Gasteiger partial charge on any atom is 0.323 e. The van der Waals surface area contributed by atoms with Crippen LogP contribution >= 0.6 is 15.9 Å². The zero-order valence-electron chi connectivity index (χ0n) is 9.91. The van der Waals surface area contributed by atoms with Gasteiger partial charge in [-0.25, -0.2) is 4.79 Å². The Hall–Kier alpha value is -1.81. The number of rotatable bonds is 2. The molecule has 2 aromatic carbocycles. The molecule has 0 aliphatic carbocycles. The van der Waals surface area contributed by atoms with Crippen LogP contribution in [0.3, 0.4) is 0 Å². The van der Waals surface area contributed by atoms with Crippen molar-refractivity contribution in [1.82, 2.24) is 0 Å². The third-order valence-electron chi connectivity index (χ3n) is 2.47. The van der Waals surface area contributed by atoms with Gasteiger partial charge in [0.1, 0.15) is 0 Å². The van der Waals surface area contributed by atoms with Gasteiger partial charge in [0.2, 0.25) is 0 Å². The summed E-state index contributed by atoms with van der Waals surface area (Å²) in [7, 11) is 0. The van der Waals surface area contributed by atoms with Crippen molar-refractivity contribution in [3.8, 4) is 0 Å². The number of hydrogen-bond donors (Lipinski definition) is 2. The first-order chi connectivity index (χ1) is 8.66. The van der Waals surface area contributed by atoms with Crippen LogP contribution in [-0.4, -0.2) is 6.03 Å². The molecule has 18 heavy (non-hydrogen) atoms. The monoisotopic (exact) mass is 304 g/mol. The van der Waals surface area contributed by atoms with Crippen molar-refractivity contribution in [3.63, 3.8) is 0 Å². The lowest BCUT2D eigenvalue weighted by Crippen LogP contribution is -2.19. The van der Waals surface area contributed by atoms with Crippen LogP contribution in [0, 0.1) is 6.92 Å². The fourth-order valence-corrected chi connectivity index (χ4v) is 1.91. The first-order valence-electron chi connectivity index (χ1n) is 5.55. The first kappa shape index (κ1) is 12.6. The molecule has 2 rings (SSSR count). The molecule has 0 aliphatic rings. The van der Waals surface area contributed by atoms with Crippen molar-refractivity contribution >= 4 is 33.3 Å². The van der Waals surface area contributed by atoms with Crippen LogP contribution in [-0.2, 0) is 0 Å². The summed E-state index contributed by atoms with van der Waals surface area (Å²) in [5.41, 5.74) is 2.59. The van der Waals surface area contributed by atoms with Crippen molar-refractivity contribution in [3.05, 3.63) is 58.6 Å². The van der Waals surface area contributed by atoms with Crippen molar-refractivity contribution in [2.75, 3.05) is 10.6 Å². The summed E-state index contributed by atoms with van der Waals surface area (Å²) < 4.78 is 0.896. The number of carbonyl (C=O) groups is 1. The van der Waals surface area contributed by atoms with E-state index in [1.165, 1.54) is 0 Å². The lowest BCUT2D eigenvalue weighted by atomic mass is 10.2. The second-order valence-electron chi connectivity index (χ2n) is 3.88.